The van der Waals surface area contributed by atoms with Gasteiger partial charge in [0.05, 0.1) is 5.56 Å². The average Bonchev–Trinajstić information content (AvgIpc) is 3.29. The molecule has 41 heavy (non-hydrogen) atoms. The molecule has 0 amide bonds. The third-order valence-corrected chi connectivity index (χ3v) is 8.24. The molecule has 210 valence electrons. The number of anilines is 2. The van der Waals surface area contributed by atoms with Crippen LogP contribution in [0, 0.1) is 0 Å². The molecule has 4 aromatic carbocycles. The average molecular weight is 567 g/mol. The summed E-state index contributed by atoms with van der Waals surface area (Å²) < 4.78 is 13.0. The Balaban J connectivity index is 1.43. The third kappa shape index (κ3) is 5.04. The first-order valence-corrected chi connectivity index (χ1v) is 14.9. The van der Waals surface area contributed by atoms with E-state index >= 15 is 0 Å². The van der Waals surface area contributed by atoms with E-state index in [0.29, 0.717) is 22.9 Å². The van der Waals surface area contributed by atoms with Gasteiger partial charge in [0.25, 0.3) is 0 Å². The number of carbonyl (C=O) groups excluding carboxylic acids is 1. The van der Waals surface area contributed by atoms with Crippen LogP contribution in [0.3, 0.4) is 0 Å². The molecule has 5 nitrogen and oxygen atoms in total. The van der Waals surface area contributed by atoms with Gasteiger partial charge in [0, 0.05) is 58.8 Å². The summed E-state index contributed by atoms with van der Waals surface area (Å²) in [5.41, 5.74) is 5.07. The van der Waals surface area contributed by atoms with Crippen LogP contribution in [0.15, 0.2) is 84.9 Å². The summed E-state index contributed by atoms with van der Waals surface area (Å²) in [4.78, 5) is 15.7. The highest BCUT2D eigenvalue weighted by molar-refractivity contribution is 6.30. The Kier molecular flexibility index (Phi) is 7.63. The number of fused-ring (bicyclic) bond motifs is 6. The predicted molar refractivity (Wildman–Crippen MR) is 166 cm³/mol. The van der Waals surface area contributed by atoms with Gasteiger partial charge in [0.15, 0.2) is 5.60 Å². The SMILES string of the molecule is CCCCN(CCCC)c1ccc2c(c1)Oc1ccc(NCc3cccc(Cl)c3)cc1C21OC(=O)c2ccccc21. The van der Waals surface area contributed by atoms with Gasteiger partial charge in [-0.25, -0.2) is 4.79 Å². The lowest BCUT2D eigenvalue weighted by molar-refractivity contribution is 0.0224. The van der Waals surface area contributed by atoms with E-state index in [1.807, 2.05) is 66.7 Å². The van der Waals surface area contributed by atoms with Gasteiger partial charge >= 0.3 is 5.97 Å². The van der Waals surface area contributed by atoms with Gasteiger partial charge in [-0.1, -0.05) is 68.6 Å². The summed E-state index contributed by atoms with van der Waals surface area (Å²) in [7, 11) is 0. The molecule has 0 saturated heterocycles. The molecule has 2 aliphatic heterocycles. The minimum absolute atomic E-state index is 0.326. The zero-order valence-electron chi connectivity index (χ0n) is 23.6. The number of esters is 1. The Morgan fingerprint density at radius 3 is 2.39 bits per heavy atom. The molecule has 4 aromatic rings. The van der Waals surface area contributed by atoms with Gasteiger partial charge < -0.3 is 19.7 Å². The number of benzene rings is 4. The highest BCUT2D eigenvalue weighted by Crippen LogP contribution is 2.57. The molecule has 2 aliphatic rings. The lowest BCUT2D eigenvalue weighted by Crippen LogP contribution is -2.33. The monoisotopic (exact) mass is 566 g/mol. The van der Waals surface area contributed by atoms with E-state index in [0.717, 1.165) is 78.2 Å². The molecule has 0 radical (unpaired) electrons. The van der Waals surface area contributed by atoms with E-state index < -0.39 is 5.60 Å². The first-order chi connectivity index (χ1) is 20.0. The number of hydrogen-bond donors (Lipinski definition) is 1. The quantitative estimate of drug-likeness (QED) is 0.194. The molecule has 1 N–H and O–H groups in total. The smallest absolute Gasteiger partial charge is 0.340 e. The van der Waals surface area contributed by atoms with Crippen LogP contribution in [0.4, 0.5) is 11.4 Å². The fourth-order valence-corrected chi connectivity index (χ4v) is 6.10. The Morgan fingerprint density at radius 2 is 1.61 bits per heavy atom. The summed E-state index contributed by atoms with van der Waals surface area (Å²) >= 11 is 6.20. The number of hydrogen-bond acceptors (Lipinski definition) is 5. The zero-order chi connectivity index (χ0) is 28.4. The van der Waals surface area contributed by atoms with Crippen molar-refractivity contribution in [2.24, 2.45) is 0 Å². The minimum atomic E-state index is -1.10. The second-order valence-corrected chi connectivity index (χ2v) is 11.2. The standard InChI is InChI=1S/C35H35ClN2O3/c1-3-5-18-38(19-6-4-2)27-15-16-30-33(22-27)40-32-17-14-26(37-23-24-10-9-11-25(36)20-24)21-31(32)35(30)29-13-8-7-12-28(29)34(39)41-35/h7-17,20-22,37H,3-6,18-19,23H2,1-2H3. The molecule has 1 unspecified atom stereocenters. The van der Waals surface area contributed by atoms with Gasteiger partial charge in [-0.3, -0.25) is 0 Å². The molecular weight excluding hydrogens is 532 g/mol. The number of nitrogens with one attached hydrogen (secondary N) is 1. The van der Waals surface area contributed by atoms with Crippen LogP contribution in [0.2, 0.25) is 5.02 Å². The number of nitrogens with zero attached hydrogens (tertiary/aromatic N) is 1. The molecule has 0 fully saturated rings. The Labute approximate surface area is 247 Å². The zero-order valence-corrected chi connectivity index (χ0v) is 24.3. The number of rotatable bonds is 10. The summed E-state index contributed by atoms with van der Waals surface area (Å²) in [6.45, 7) is 7.04. The number of carbonyl (C=O) groups is 1. The van der Waals surface area contributed by atoms with Crippen molar-refractivity contribution >= 4 is 28.9 Å². The molecular formula is C35H35ClN2O3. The third-order valence-electron chi connectivity index (χ3n) is 8.01. The maximum absolute atomic E-state index is 13.3. The lowest BCUT2D eigenvalue weighted by atomic mass is 9.77. The topological polar surface area (TPSA) is 50.8 Å². The first kappa shape index (κ1) is 27.2. The van der Waals surface area contributed by atoms with E-state index in [1.165, 1.54) is 0 Å². The van der Waals surface area contributed by atoms with Crippen LogP contribution in [0.5, 0.6) is 11.5 Å². The second kappa shape index (κ2) is 11.5. The van der Waals surface area contributed by atoms with Gasteiger partial charge in [-0.2, -0.15) is 0 Å². The second-order valence-electron chi connectivity index (χ2n) is 10.8. The van der Waals surface area contributed by atoms with E-state index in [2.05, 4.69) is 42.3 Å². The van der Waals surface area contributed by atoms with Crippen LogP contribution < -0.4 is 15.0 Å². The fraction of sp³-hybridized carbons (Fsp3) is 0.286. The minimum Gasteiger partial charge on any atom is -0.456 e. The number of ether oxygens (including phenoxy) is 2. The van der Waals surface area contributed by atoms with Crippen molar-refractivity contribution in [2.75, 3.05) is 23.3 Å². The van der Waals surface area contributed by atoms with Gasteiger partial charge in [0.2, 0.25) is 0 Å². The van der Waals surface area contributed by atoms with E-state index in [1.54, 1.807) is 0 Å². The van der Waals surface area contributed by atoms with Crippen LogP contribution in [0.1, 0.15) is 72.1 Å². The van der Waals surface area contributed by atoms with E-state index in [9.17, 15) is 4.79 Å². The Bertz CT molecular complexity index is 1580. The predicted octanol–water partition coefficient (Wildman–Crippen LogP) is 8.93. The molecule has 6 heteroatoms. The molecule has 1 spiro atoms. The van der Waals surface area contributed by atoms with E-state index in [4.69, 9.17) is 21.1 Å². The highest BCUT2D eigenvalue weighted by atomic mass is 35.5. The normalized spacial score (nSPS) is 16.4. The molecule has 2 heterocycles. The molecule has 6 rings (SSSR count). The van der Waals surface area contributed by atoms with Crippen molar-refractivity contribution in [2.45, 2.75) is 51.7 Å². The maximum atomic E-state index is 13.3. The van der Waals surface area contributed by atoms with Crippen molar-refractivity contribution in [1.29, 1.82) is 0 Å². The van der Waals surface area contributed by atoms with E-state index in [-0.39, 0.29) is 5.97 Å². The summed E-state index contributed by atoms with van der Waals surface area (Å²) in [6.07, 6.45) is 4.54. The Morgan fingerprint density at radius 1 is 0.805 bits per heavy atom. The van der Waals surface area contributed by atoms with Gasteiger partial charge in [-0.05, 0) is 66.9 Å². The van der Waals surface area contributed by atoms with Gasteiger partial charge in [-0.15, -0.1) is 0 Å². The van der Waals surface area contributed by atoms with Crippen molar-refractivity contribution < 1.29 is 14.3 Å². The largest absolute Gasteiger partial charge is 0.456 e. The maximum Gasteiger partial charge on any atom is 0.340 e. The van der Waals surface area contributed by atoms with Crippen LogP contribution in [0.25, 0.3) is 0 Å². The lowest BCUT2D eigenvalue weighted by Gasteiger charge is -2.37. The summed E-state index contributed by atoms with van der Waals surface area (Å²) in [5, 5.41) is 4.21. The first-order valence-electron chi connectivity index (χ1n) is 14.6. The summed E-state index contributed by atoms with van der Waals surface area (Å²) in [5.74, 6) is 1.08. The number of unbranched alkanes of at least 4 members (excludes halogenated alkanes) is 2. The molecule has 0 saturated carbocycles. The highest BCUT2D eigenvalue weighted by Gasteiger charge is 2.53. The molecule has 0 aliphatic carbocycles. The van der Waals surface area contributed by atoms with Gasteiger partial charge in [0.1, 0.15) is 11.5 Å². The van der Waals surface area contributed by atoms with Crippen molar-refractivity contribution in [3.8, 4) is 11.5 Å². The van der Waals surface area contributed by atoms with Crippen molar-refractivity contribution in [1.82, 2.24) is 0 Å². The summed E-state index contributed by atoms with van der Waals surface area (Å²) in [6, 6.07) is 27.8. The molecule has 1 atom stereocenters. The number of halogens is 1. The van der Waals surface area contributed by atoms with Crippen LogP contribution >= 0.6 is 11.6 Å². The van der Waals surface area contributed by atoms with Crippen molar-refractivity contribution in [3.05, 3.63) is 118 Å². The fourth-order valence-electron chi connectivity index (χ4n) is 5.89. The molecule has 0 aromatic heterocycles. The van der Waals surface area contributed by atoms with Crippen molar-refractivity contribution in [3.63, 3.8) is 0 Å². The van der Waals surface area contributed by atoms with Crippen LogP contribution in [-0.2, 0) is 16.9 Å². The molecule has 0 bridgehead atoms. The van der Waals surface area contributed by atoms with Crippen LogP contribution in [-0.4, -0.2) is 19.1 Å². The Hall–Kier alpha value is -3.96.